The molecule has 0 unspecified atom stereocenters. The number of aromatic nitrogens is 3. The predicted octanol–water partition coefficient (Wildman–Crippen LogP) is 5.39. The van der Waals surface area contributed by atoms with Crippen LogP contribution in [-0.2, 0) is 21.7 Å². The minimum absolute atomic E-state index is 0.00631. The molecule has 17 heteroatoms. The summed E-state index contributed by atoms with van der Waals surface area (Å²) in [6.07, 6.45) is -3.17. The molecule has 1 aliphatic carbocycles. The van der Waals surface area contributed by atoms with E-state index < -0.39 is 53.4 Å². The summed E-state index contributed by atoms with van der Waals surface area (Å²) in [5.41, 5.74) is 0.632. The van der Waals surface area contributed by atoms with Gasteiger partial charge in [-0.15, -0.1) is 0 Å². The van der Waals surface area contributed by atoms with Crippen LogP contribution in [0, 0.1) is 5.82 Å². The van der Waals surface area contributed by atoms with Crippen molar-refractivity contribution in [2.75, 3.05) is 23.8 Å². The molecule has 0 radical (unpaired) electrons. The molecule has 51 heavy (non-hydrogen) atoms. The molecule has 0 atom stereocenters. The Labute approximate surface area is 294 Å². The van der Waals surface area contributed by atoms with Crippen molar-refractivity contribution in [2.45, 2.75) is 50.5 Å². The summed E-state index contributed by atoms with van der Waals surface area (Å²) in [5.74, 6) is -2.81. The summed E-state index contributed by atoms with van der Waals surface area (Å²) in [6, 6.07) is 18.1. The highest BCUT2D eigenvalue weighted by Crippen LogP contribution is 2.48. The predicted molar refractivity (Wildman–Crippen MR) is 180 cm³/mol. The van der Waals surface area contributed by atoms with Crippen molar-refractivity contribution in [3.05, 3.63) is 100 Å². The summed E-state index contributed by atoms with van der Waals surface area (Å²) < 4.78 is 56.6. The van der Waals surface area contributed by atoms with Gasteiger partial charge in [0.05, 0.1) is 11.1 Å². The molecule has 1 aromatic heterocycles. The number of amides is 3. The van der Waals surface area contributed by atoms with Crippen molar-refractivity contribution in [3.63, 3.8) is 0 Å². The number of nitrogens with zero attached hydrogens (tertiary/aromatic N) is 3. The van der Waals surface area contributed by atoms with Crippen LogP contribution in [0.15, 0.2) is 72.8 Å². The number of halogens is 5. The number of carbonyl (C=O) groups is 3. The highest BCUT2D eigenvalue weighted by Gasteiger charge is 2.45. The fourth-order valence-electron chi connectivity index (χ4n) is 4.78. The number of nitrogens with one attached hydrogen (secondary N) is 5. The van der Waals surface area contributed by atoms with E-state index in [9.17, 15) is 31.9 Å². The van der Waals surface area contributed by atoms with Gasteiger partial charge in [-0.1, -0.05) is 35.9 Å². The van der Waals surface area contributed by atoms with Gasteiger partial charge < -0.3 is 31.3 Å². The first-order chi connectivity index (χ1) is 24.1. The largest absolute Gasteiger partial charge is 0.454 e. The van der Waals surface area contributed by atoms with Crippen LogP contribution in [0.2, 0.25) is 5.02 Å². The summed E-state index contributed by atoms with van der Waals surface area (Å²) in [4.78, 5) is 49.9. The van der Waals surface area contributed by atoms with Crippen LogP contribution in [0.3, 0.4) is 0 Å². The van der Waals surface area contributed by atoms with Crippen LogP contribution in [-0.4, -0.2) is 57.5 Å². The smallest absolute Gasteiger partial charge is 0.422 e. The molecule has 0 spiro atoms. The molecule has 1 saturated carbocycles. The molecule has 3 amide bonds. The zero-order valence-corrected chi connectivity index (χ0v) is 28.1. The van der Waals surface area contributed by atoms with Crippen molar-refractivity contribution in [3.8, 4) is 6.01 Å². The standard InChI is InChI=1S/C34H33ClF4N8O4/c1-32(2,46-28(50)27(49)40-17-20-3-11-24(36)12-4-20)18-41-26(48)21-5-13-25(14-6-21)42-29-43-30(45-31(44-29)51-19-34(37,38)39)47-33(15-16-33)22-7-9-23(35)10-8-22/h3-14H,15-19H2,1-2H3,(H,40,49)(H,41,48)(H,46,50)(H2,42,43,44,45,47). The second-order valence-electron chi connectivity index (χ2n) is 12.4. The average Bonchev–Trinajstić information content (AvgIpc) is 3.86. The van der Waals surface area contributed by atoms with Gasteiger partial charge in [0.25, 0.3) is 5.91 Å². The lowest BCUT2D eigenvalue weighted by Gasteiger charge is -2.26. The Kier molecular flexibility index (Phi) is 10.9. The molecule has 1 aliphatic rings. The molecule has 0 aliphatic heterocycles. The third kappa shape index (κ3) is 10.7. The lowest BCUT2D eigenvalue weighted by atomic mass is 10.1. The number of ether oxygens (including phenoxy) is 1. The van der Waals surface area contributed by atoms with Crippen LogP contribution in [0.4, 0.5) is 35.1 Å². The van der Waals surface area contributed by atoms with Crippen LogP contribution in [0.5, 0.6) is 6.01 Å². The van der Waals surface area contributed by atoms with E-state index in [1.165, 1.54) is 48.5 Å². The Morgan fingerprint density at radius 3 is 2.12 bits per heavy atom. The van der Waals surface area contributed by atoms with Crippen LogP contribution in [0.25, 0.3) is 0 Å². The van der Waals surface area contributed by atoms with Gasteiger partial charge in [0.2, 0.25) is 11.9 Å². The molecule has 268 valence electrons. The van der Waals surface area contributed by atoms with Crippen LogP contribution in [0.1, 0.15) is 48.2 Å². The second-order valence-corrected chi connectivity index (χ2v) is 12.9. The molecule has 3 aromatic carbocycles. The molecule has 1 fully saturated rings. The van der Waals surface area contributed by atoms with Crippen molar-refractivity contribution < 1.29 is 36.7 Å². The third-order valence-electron chi connectivity index (χ3n) is 7.60. The quantitative estimate of drug-likeness (QED) is 0.0899. The van der Waals surface area contributed by atoms with Gasteiger partial charge >= 0.3 is 24.0 Å². The number of hydrogen-bond acceptors (Lipinski definition) is 9. The molecular weight excluding hydrogens is 696 g/mol. The normalized spacial score (nSPS) is 13.5. The zero-order chi connectivity index (χ0) is 36.8. The molecule has 1 heterocycles. The first kappa shape index (κ1) is 36.8. The number of anilines is 3. The molecular formula is C34H33ClF4N8O4. The fraction of sp³-hybridized carbons (Fsp3) is 0.294. The van der Waals surface area contributed by atoms with E-state index in [1.54, 1.807) is 26.0 Å². The maximum absolute atomic E-state index is 13.1. The number of rotatable bonds is 13. The fourth-order valence-corrected chi connectivity index (χ4v) is 4.91. The van der Waals surface area contributed by atoms with Gasteiger partial charge in [-0.05, 0) is 86.3 Å². The van der Waals surface area contributed by atoms with E-state index in [4.69, 9.17) is 16.3 Å². The Bertz CT molecular complexity index is 1870. The lowest BCUT2D eigenvalue weighted by molar-refractivity contribution is -0.154. The van der Waals surface area contributed by atoms with Crippen molar-refractivity contribution in [2.24, 2.45) is 0 Å². The SMILES string of the molecule is CC(C)(CNC(=O)c1ccc(Nc2nc(NC3(c4ccc(Cl)cc4)CC3)nc(OCC(F)(F)F)n2)cc1)NC(=O)C(=O)NCc1ccc(F)cc1. The minimum atomic E-state index is -4.62. The Morgan fingerprint density at radius 1 is 0.843 bits per heavy atom. The lowest BCUT2D eigenvalue weighted by Crippen LogP contribution is -2.54. The van der Waals surface area contributed by atoms with E-state index in [2.05, 4.69) is 41.5 Å². The monoisotopic (exact) mass is 728 g/mol. The summed E-state index contributed by atoms with van der Waals surface area (Å²) >= 11 is 6.02. The summed E-state index contributed by atoms with van der Waals surface area (Å²) in [6.45, 7) is 1.64. The molecule has 5 rings (SSSR count). The van der Waals surface area contributed by atoms with E-state index in [-0.39, 0.29) is 30.5 Å². The zero-order valence-electron chi connectivity index (χ0n) is 27.3. The Morgan fingerprint density at radius 2 is 1.49 bits per heavy atom. The number of alkyl halides is 3. The maximum Gasteiger partial charge on any atom is 0.422 e. The van der Waals surface area contributed by atoms with E-state index in [0.717, 1.165) is 18.4 Å². The van der Waals surface area contributed by atoms with Crippen molar-refractivity contribution >= 4 is 46.9 Å². The minimum Gasteiger partial charge on any atom is -0.454 e. The number of benzene rings is 3. The number of carbonyl (C=O) groups excluding carboxylic acids is 3. The first-order valence-electron chi connectivity index (χ1n) is 15.6. The third-order valence-corrected chi connectivity index (χ3v) is 7.85. The average molecular weight is 729 g/mol. The van der Waals surface area contributed by atoms with Gasteiger partial charge in [0.15, 0.2) is 6.61 Å². The van der Waals surface area contributed by atoms with Crippen LogP contribution >= 0.6 is 11.6 Å². The van der Waals surface area contributed by atoms with Gasteiger partial charge in [-0.2, -0.15) is 28.1 Å². The Balaban J connectivity index is 1.18. The van der Waals surface area contributed by atoms with E-state index >= 15 is 0 Å². The van der Waals surface area contributed by atoms with Gasteiger partial charge in [0.1, 0.15) is 5.82 Å². The van der Waals surface area contributed by atoms with E-state index in [1.807, 2.05) is 12.1 Å². The molecule has 5 N–H and O–H groups in total. The van der Waals surface area contributed by atoms with Crippen molar-refractivity contribution in [1.82, 2.24) is 30.9 Å². The van der Waals surface area contributed by atoms with Crippen molar-refractivity contribution in [1.29, 1.82) is 0 Å². The summed E-state index contributed by atoms with van der Waals surface area (Å²) in [5, 5.41) is 14.4. The highest BCUT2D eigenvalue weighted by atomic mass is 35.5. The van der Waals surface area contributed by atoms with Crippen LogP contribution < -0.4 is 31.3 Å². The highest BCUT2D eigenvalue weighted by molar-refractivity contribution is 6.35. The van der Waals surface area contributed by atoms with E-state index in [0.29, 0.717) is 16.3 Å². The molecule has 12 nitrogen and oxygen atoms in total. The first-order valence-corrected chi connectivity index (χ1v) is 16.0. The molecule has 0 bridgehead atoms. The molecule has 4 aromatic rings. The topological polar surface area (TPSA) is 159 Å². The van der Waals surface area contributed by atoms with Gasteiger partial charge in [-0.25, -0.2) is 4.39 Å². The number of hydrogen-bond donors (Lipinski definition) is 5. The Hall–Kier alpha value is -5.51. The molecule has 0 saturated heterocycles. The maximum atomic E-state index is 13.1. The second kappa shape index (κ2) is 15.2. The van der Waals surface area contributed by atoms with Gasteiger partial charge in [0, 0.05) is 29.4 Å². The summed E-state index contributed by atoms with van der Waals surface area (Å²) in [7, 11) is 0. The van der Waals surface area contributed by atoms with Gasteiger partial charge in [-0.3, -0.25) is 14.4 Å².